The molecule has 0 atom stereocenters. The number of esters is 1. The van der Waals surface area contributed by atoms with Gasteiger partial charge in [0.1, 0.15) is 0 Å². The second-order valence-electron chi connectivity index (χ2n) is 2.03. The summed E-state index contributed by atoms with van der Waals surface area (Å²) < 4.78 is 4.46. The van der Waals surface area contributed by atoms with Gasteiger partial charge in [-0.25, -0.2) is 0 Å². The van der Waals surface area contributed by atoms with Crippen molar-refractivity contribution in [1.29, 1.82) is 0 Å². The molecule has 0 rings (SSSR count). The molecule has 0 aliphatic rings. The van der Waals surface area contributed by atoms with Gasteiger partial charge in [0.05, 0.1) is 7.11 Å². The number of carbonyl (C=O) groups excluding carboxylic acids is 1. The Bertz CT molecular complexity index is 83.7. The van der Waals surface area contributed by atoms with Crippen LogP contribution in [0.5, 0.6) is 0 Å². The fourth-order valence-electron chi connectivity index (χ4n) is 0.621. The van der Waals surface area contributed by atoms with E-state index < -0.39 is 0 Å². The molecule has 0 fully saturated rings. The SMILES string of the molecule is CCCCCC(=O)OC.[Ca]. The van der Waals surface area contributed by atoms with Gasteiger partial charge in [0.25, 0.3) is 0 Å². The van der Waals surface area contributed by atoms with Gasteiger partial charge < -0.3 is 4.74 Å². The van der Waals surface area contributed by atoms with E-state index in [0.29, 0.717) is 6.42 Å². The number of rotatable bonds is 4. The number of unbranched alkanes of at least 4 members (excludes halogenated alkanes) is 2. The maximum atomic E-state index is 10.5. The van der Waals surface area contributed by atoms with Crippen molar-refractivity contribution >= 4 is 43.7 Å². The van der Waals surface area contributed by atoms with Crippen molar-refractivity contribution in [3.05, 3.63) is 0 Å². The van der Waals surface area contributed by atoms with Crippen LogP contribution in [-0.2, 0) is 9.53 Å². The van der Waals surface area contributed by atoms with Crippen LogP contribution >= 0.6 is 0 Å². The maximum Gasteiger partial charge on any atom is 0.305 e. The Hall–Kier alpha value is 0.730. The molecule has 0 N–H and O–H groups in total. The minimum absolute atomic E-state index is 0. The number of ether oxygens (including phenoxy) is 1. The van der Waals surface area contributed by atoms with Crippen molar-refractivity contribution < 1.29 is 9.53 Å². The molecule has 0 heterocycles. The predicted octanol–water partition coefficient (Wildman–Crippen LogP) is 1.36. The molecule has 0 spiro atoms. The van der Waals surface area contributed by atoms with Crippen LogP contribution in [-0.4, -0.2) is 50.8 Å². The molecule has 3 heteroatoms. The minimum Gasteiger partial charge on any atom is -0.469 e. The molecule has 0 bridgehead atoms. The average Bonchev–Trinajstić information content (AvgIpc) is 1.89. The molecule has 2 radical (unpaired) electrons. The molecule has 56 valence electrons. The first-order valence-electron chi connectivity index (χ1n) is 3.38. The van der Waals surface area contributed by atoms with E-state index in [0.717, 1.165) is 19.3 Å². The third-order valence-electron chi connectivity index (χ3n) is 1.21. The van der Waals surface area contributed by atoms with E-state index in [2.05, 4.69) is 11.7 Å². The first-order chi connectivity index (χ1) is 4.31. The Morgan fingerprint density at radius 1 is 1.40 bits per heavy atom. The minimum atomic E-state index is -0.0940. The van der Waals surface area contributed by atoms with E-state index in [-0.39, 0.29) is 43.7 Å². The first-order valence-corrected chi connectivity index (χ1v) is 3.38. The van der Waals surface area contributed by atoms with Gasteiger partial charge in [0.2, 0.25) is 0 Å². The van der Waals surface area contributed by atoms with Crippen LogP contribution in [0.15, 0.2) is 0 Å². The predicted molar refractivity (Wildman–Crippen MR) is 41.9 cm³/mol. The third-order valence-corrected chi connectivity index (χ3v) is 1.21. The number of hydrogen-bond donors (Lipinski definition) is 0. The molecule has 10 heavy (non-hydrogen) atoms. The summed E-state index contributed by atoms with van der Waals surface area (Å²) >= 11 is 0. The Kier molecular flexibility index (Phi) is 13.0. The van der Waals surface area contributed by atoms with Crippen LogP contribution in [0.3, 0.4) is 0 Å². The van der Waals surface area contributed by atoms with Crippen LogP contribution in [0.1, 0.15) is 32.6 Å². The van der Waals surface area contributed by atoms with Gasteiger partial charge in [-0.3, -0.25) is 4.79 Å². The quantitative estimate of drug-likeness (QED) is 0.362. The molecule has 0 saturated heterocycles. The van der Waals surface area contributed by atoms with Crippen LogP contribution in [0.4, 0.5) is 0 Å². The summed E-state index contributed by atoms with van der Waals surface area (Å²) in [6.07, 6.45) is 3.81. The standard InChI is InChI=1S/C7H14O2.Ca/c1-3-4-5-6-7(8)9-2;/h3-6H2,1-2H3;. The van der Waals surface area contributed by atoms with Crippen molar-refractivity contribution in [2.24, 2.45) is 0 Å². The third kappa shape index (κ3) is 8.73. The zero-order valence-electron chi connectivity index (χ0n) is 6.85. The summed E-state index contributed by atoms with van der Waals surface area (Å²) in [5.74, 6) is -0.0940. The van der Waals surface area contributed by atoms with Gasteiger partial charge in [-0.15, -0.1) is 0 Å². The maximum absolute atomic E-state index is 10.5. The molecule has 0 amide bonds. The number of methoxy groups -OCH3 is 1. The smallest absolute Gasteiger partial charge is 0.305 e. The van der Waals surface area contributed by atoms with E-state index >= 15 is 0 Å². The van der Waals surface area contributed by atoms with Crippen molar-refractivity contribution in [2.45, 2.75) is 32.6 Å². The van der Waals surface area contributed by atoms with Crippen LogP contribution in [0.2, 0.25) is 0 Å². The van der Waals surface area contributed by atoms with Crippen molar-refractivity contribution in [1.82, 2.24) is 0 Å². The Balaban J connectivity index is 0. The molecule has 0 saturated carbocycles. The Labute approximate surface area is 92.3 Å². The summed E-state index contributed by atoms with van der Waals surface area (Å²) in [4.78, 5) is 10.5. The largest absolute Gasteiger partial charge is 0.469 e. The van der Waals surface area contributed by atoms with E-state index in [1.165, 1.54) is 7.11 Å². The zero-order chi connectivity index (χ0) is 7.11. The van der Waals surface area contributed by atoms with E-state index in [4.69, 9.17) is 0 Å². The van der Waals surface area contributed by atoms with Crippen molar-refractivity contribution in [3.8, 4) is 0 Å². The Morgan fingerprint density at radius 3 is 2.40 bits per heavy atom. The van der Waals surface area contributed by atoms with E-state index in [1.807, 2.05) is 0 Å². The van der Waals surface area contributed by atoms with Gasteiger partial charge in [-0.1, -0.05) is 19.8 Å². The molecule has 0 unspecified atom stereocenters. The van der Waals surface area contributed by atoms with Gasteiger partial charge in [-0.2, -0.15) is 0 Å². The average molecular weight is 170 g/mol. The van der Waals surface area contributed by atoms with Gasteiger partial charge in [0.15, 0.2) is 0 Å². The first kappa shape index (κ1) is 13.3. The second kappa shape index (κ2) is 9.73. The molecule has 2 nitrogen and oxygen atoms in total. The summed E-state index contributed by atoms with van der Waals surface area (Å²) in [7, 11) is 1.42. The van der Waals surface area contributed by atoms with Crippen LogP contribution in [0, 0.1) is 0 Å². The Morgan fingerprint density at radius 2 is 2.00 bits per heavy atom. The van der Waals surface area contributed by atoms with E-state index in [9.17, 15) is 4.79 Å². The van der Waals surface area contributed by atoms with Crippen LogP contribution < -0.4 is 0 Å². The molecule has 0 aromatic rings. The number of carbonyl (C=O) groups is 1. The summed E-state index contributed by atoms with van der Waals surface area (Å²) in [6.45, 7) is 2.11. The molecule has 0 aromatic heterocycles. The van der Waals surface area contributed by atoms with Gasteiger partial charge >= 0.3 is 5.97 Å². The monoisotopic (exact) mass is 170 g/mol. The topological polar surface area (TPSA) is 26.3 Å². The summed E-state index contributed by atoms with van der Waals surface area (Å²) in [6, 6.07) is 0. The van der Waals surface area contributed by atoms with Crippen molar-refractivity contribution in [3.63, 3.8) is 0 Å². The van der Waals surface area contributed by atoms with Crippen molar-refractivity contribution in [2.75, 3.05) is 7.11 Å². The van der Waals surface area contributed by atoms with Gasteiger partial charge in [-0.05, 0) is 6.42 Å². The number of hydrogen-bond acceptors (Lipinski definition) is 2. The molecule has 0 aromatic carbocycles. The van der Waals surface area contributed by atoms with E-state index in [1.54, 1.807) is 0 Å². The summed E-state index contributed by atoms with van der Waals surface area (Å²) in [5.41, 5.74) is 0. The molecule has 0 aliphatic heterocycles. The molecule has 0 aliphatic carbocycles. The normalized spacial score (nSPS) is 8.20. The fraction of sp³-hybridized carbons (Fsp3) is 0.857. The zero-order valence-corrected chi connectivity index (χ0v) is 9.06. The fourth-order valence-corrected chi connectivity index (χ4v) is 0.621. The molecular weight excluding hydrogens is 156 g/mol. The second-order valence-corrected chi connectivity index (χ2v) is 2.03. The van der Waals surface area contributed by atoms with Crippen LogP contribution in [0.25, 0.3) is 0 Å². The molecular formula is C7H14CaO2. The van der Waals surface area contributed by atoms with Gasteiger partial charge in [0, 0.05) is 44.2 Å². The summed E-state index contributed by atoms with van der Waals surface area (Å²) in [5, 5.41) is 0.